The third-order valence-corrected chi connectivity index (χ3v) is 9.64. The predicted octanol–water partition coefficient (Wildman–Crippen LogP) is 4.70. The number of alkyl halides is 2. The van der Waals surface area contributed by atoms with Crippen molar-refractivity contribution in [2.24, 2.45) is 0 Å². The van der Waals surface area contributed by atoms with Crippen LogP contribution in [0.3, 0.4) is 0 Å². The van der Waals surface area contributed by atoms with Gasteiger partial charge in [-0.2, -0.15) is 13.1 Å². The number of nitrogens with one attached hydrogen (secondary N) is 1. The molecule has 3 aromatic carbocycles. The number of halogens is 2. The number of nitrogens with zero attached hydrogens (tertiary/aromatic N) is 2. The van der Waals surface area contributed by atoms with Crippen LogP contribution in [0.5, 0.6) is 5.75 Å². The highest BCUT2D eigenvalue weighted by Gasteiger charge is 2.47. The van der Waals surface area contributed by atoms with Crippen LogP contribution < -0.4 is 10.1 Å². The lowest BCUT2D eigenvalue weighted by Crippen LogP contribution is -2.64. The summed E-state index contributed by atoms with van der Waals surface area (Å²) in [7, 11) is -3.82. The summed E-state index contributed by atoms with van der Waals surface area (Å²) in [5.41, 5.74) is 1.72. The molecule has 0 saturated carbocycles. The normalized spacial score (nSPS) is 21.9. The largest absolute Gasteiger partial charge is 0.435 e. The number of sulfonamides is 1. The minimum atomic E-state index is -3.82. The molecule has 5 rings (SSSR count). The highest BCUT2D eigenvalue weighted by Crippen LogP contribution is 2.35. The Morgan fingerprint density at radius 1 is 1.05 bits per heavy atom. The lowest BCUT2D eigenvalue weighted by Gasteiger charge is -2.50. The zero-order valence-corrected chi connectivity index (χ0v) is 24.2. The number of rotatable bonds is 9. The third-order valence-electron chi connectivity index (χ3n) is 7.72. The fourth-order valence-electron chi connectivity index (χ4n) is 5.68. The molecule has 2 heterocycles. The van der Waals surface area contributed by atoms with Crippen LogP contribution in [0.1, 0.15) is 24.0 Å². The van der Waals surface area contributed by atoms with E-state index in [-0.39, 0.29) is 42.3 Å². The number of hydrogen-bond acceptors (Lipinski definition) is 6. The van der Waals surface area contributed by atoms with Crippen molar-refractivity contribution in [2.75, 3.05) is 38.1 Å². The van der Waals surface area contributed by atoms with Gasteiger partial charge in [0.1, 0.15) is 5.75 Å². The number of morpholine rings is 1. The summed E-state index contributed by atoms with van der Waals surface area (Å²) in [5.74, 6) is -0.261. The molecular formula is C31H35F2N3O5S. The molecule has 2 saturated heterocycles. The van der Waals surface area contributed by atoms with E-state index in [1.807, 2.05) is 42.2 Å². The van der Waals surface area contributed by atoms with Crippen LogP contribution >= 0.6 is 0 Å². The fraction of sp³-hybridized carbons (Fsp3) is 0.387. The van der Waals surface area contributed by atoms with Gasteiger partial charge < -0.3 is 14.8 Å². The molecule has 11 heteroatoms. The van der Waals surface area contributed by atoms with Crippen LogP contribution in [0.2, 0.25) is 0 Å². The Labute approximate surface area is 245 Å². The topological polar surface area (TPSA) is 88.2 Å². The summed E-state index contributed by atoms with van der Waals surface area (Å²) >= 11 is 0. The highest BCUT2D eigenvalue weighted by atomic mass is 32.2. The number of piperidine rings is 1. The minimum Gasteiger partial charge on any atom is -0.435 e. The summed E-state index contributed by atoms with van der Waals surface area (Å²) in [6, 6.07) is 22.0. The molecule has 3 aromatic rings. The maximum absolute atomic E-state index is 14.0. The Morgan fingerprint density at radius 3 is 2.45 bits per heavy atom. The smallest absolute Gasteiger partial charge is 0.387 e. The zero-order chi connectivity index (χ0) is 29.7. The first-order valence-corrected chi connectivity index (χ1v) is 15.4. The number of likely N-dealkylation sites (tertiary alicyclic amines) is 1. The van der Waals surface area contributed by atoms with Crippen LogP contribution in [-0.2, 0) is 26.0 Å². The molecule has 1 spiro atoms. The van der Waals surface area contributed by atoms with Crippen LogP contribution in [0.15, 0.2) is 83.8 Å². The molecule has 1 N–H and O–H groups in total. The van der Waals surface area contributed by atoms with Gasteiger partial charge in [-0.25, -0.2) is 8.42 Å². The Bertz CT molecular complexity index is 1460. The second-order valence-electron chi connectivity index (χ2n) is 11.0. The first-order chi connectivity index (χ1) is 20.1. The van der Waals surface area contributed by atoms with E-state index in [1.165, 1.54) is 24.3 Å². The number of anilines is 1. The maximum atomic E-state index is 14.0. The molecule has 42 heavy (non-hydrogen) atoms. The quantitative estimate of drug-likeness (QED) is 0.384. The van der Waals surface area contributed by atoms with Gasteiger partial charge in [0.2, 0.25) is 15.9 Å². The number of carbonyl (C=O) groups excluding carboxylic acids is 1. The minimum absolute atomic E-state index is 0.00568. The summed E-state index contributed by atoms with van der Waals surface area (Å²) in [5, 5.41) is 2.78. The van der Waals surface area contributed by atoms with Crippen molar-refractivity contribution in [3.05, 3.63) is 90.0 Å². The fourth-order valence-corrected chi connectivity index (χ4v) is 7.37. The molecule has 2 atom stereocenters. The van der Waals surface area contributed by atoms with E-state index >= 15 is 0 Å². The SMILES string of the molecule is Cc1ccc(S(=O)(=O)N2CC3(CCCN(CC(=O)Nc4ccc(OC(F)F)cc4)C3)OC[C@@H]2Cc2ccccc2)cc1. The molecule has 1 unspecified atom stereocenters. The molecule has 0 bridgehead atoms. The predicted molar refractivity (Wildman–Crippen MR) is 155 cm³/mol. The lowest BCUT2D eigenvalue weighted by atomic mass is 9.90. The van der Waals surface area contributed by atoms with Gasteiger partial charge in [-0.3, -0.25) is 9.69 Å². The Hall–Kier alpha value is -3.38. The molecule has 1 amide bonds. The number of hydrogen-bond donors (Lipinski definition) is 1. The molecule has 0 radical (unpaired) electrons. The van der Waals surface area contributed by atoms with Crippen molar-refractivity contribution in [1.82, 2.24) is 9.21 Å². The third kappa shape index (κ3) is 7.33. The Morgan fingerprint density at radius 2 is 1.76 bits per heavy atom. The molecule has 224 valence electrons. The van der Waals surface area contributed by atoms with Gasteiger partial charge >= 0.3 is 6.61 Å². The van der Waals surface area contributed by atoms with Gasteiger partial charge in [0.05, 0.1) is 29.7 Å². The van der Waals surface area contributed by atoms with Crippen molar-refractivity contribution in [3.8, 4) is 5.75 Å². The Balaban J connectivity index is 1.30. The molecule has 2 aliphatic rings. The van der Waals surface area contributed by atoms with Crippen LogP contribution in [0, 0.1) is 6.92 Å². The average Bonchev–Trinajstić information content (AvgIpc) is 2.96. The lowest BCUT2D eigenvalue weighted by molar-refractivity contribution is -0.144. The van der Waals surface area contributed by atoms with Gasteiger partial charge in [0, 0.05) is 18.8 Å². The first kappa shape index (κ1) is 30.1. The highest BCUT2D eigenvalue weighted by molar-refractivity contribution is 7.89. The molecule has 2 aliphatic heterocycles. The number of carbonyl (C=O) groups is 1. The summed E-state index contributed by atoms with van der Waals surface area (Å²) in [6.45, 7) is 0.574. The van der Waals surface area contributed by atoms with E-state index in [2.05, 4.69) is 10.1 Å². The molecule has 8 nitrogen and oxygen atoms in total. The van der Waals surface area contributed by atoms with Gasteiger partial charge in [-0.05, 0) is 74.7 Å². The van der Waals surface area contributed by atoms with E-state index in [1.54, 1.807) is 28.6 Å². The number of ether oxygens (including phenoxy) is 2. The van der Waals surface area contributed by atoms with E-state index in [9.17, 15) is 22.0 Å². The van der Waals surface area contributed by atoms with Gasteiger partial charge in [0.15, 0.2) is 0 Å². The average molecular weight is 600 g/mol. The standard InChI is InChI=1S/C31H35F2N3O5S/c1-23-8-14-28(15-9-23)42(38,39)36-22-31(40-20-26(36)18-24-6-3-2-4-7-24)16-5-17-35(21-31)19-29(37)34-25-10-12-27(13-11-25)41-30(32)33/h2-4,6-15,26,30H,5,16-22H2,1H3,(H,34,37)/t26-,31?/m0/s1. The van der Waals surface area contributed by atoms with Crippen molar-refractivity contribution in [3.63, 3.8) is 0 Å². The number of benzene rings is 3. The van der Waals surface area contributed by atoms with Crippen LogP contribution in [-0.4, -0.2) is 74.6 Å². The van der Waals surface area contributed by atoms with Gasteiger partial charge in [-0.1, -0.05) is 48.0 Å². The zero-order valence-electron chi connectivity index (χ0n) is 23.4. The van der Waals surface area contributed by atoms with Gasteiger partial charge in [-0.15, -0.1) is 0 Å². The van der Waals surface area contributed by atoms with E-state index in [0.717, 1.165) is 17.5 Å². The van der Waals surface area contributed by atoms with E-state index < -0.39 is 22.2 Å². The van der Waals surface area contributed by atoms with Crippen LogP contribution in [0.25, 0.3) is 0 Å². The van der Waals surface area contributed by atoms with Gasteiger partial charge in [0.25, 0.3) is 0 Å². The summed E-state index contributed by atoms with van der Waals surface area (Å²) in [6.07, 6.45) is 1.94. The van der Waals surface area contributed by atoms with Crippen molar-refractivity contribution in [1.29, 1.82) is 0 Å². The van der Waals surface area contributed by atoms with Crippen molar-refractivity contribution in [2.45, 2.75) is 49.3 Å². The first-order valence-electron chi connectivity index (χ1n) is 14.0. The molecule has 0 aromatic heterocycles. The molecular weight excluding hydrogens is 564 g/mol. The molecule has 2 fully saturated rings. The maximum Gasteiger partial charge on any atom is 0.387 e. The van der Waals surface area contributed by atoms with Crippen molar-refractivity contribution < 1.29 is 31.5 Å². The van der Waals surface area contributed by atoms with Crippen LogP contribution in [0.4, 0.5) is 14.5 Å². The monoisotopic (exact) mass is 599 g/mol. The Kier molecular flexibility index (Phi) is 9.22. The summed E-state index contributed by atoms with van der Waals surface area (Å²) in [4.78, 5) is 15.1. The number of amides is 1. The molecule has 0 aliphatic carbocycles. The number of aryl methyl sites for hydroxylation is 1. The van der Waals surface area contributed by atoms with E-state index in [0.29, 0.717) is 31.6 Å². The van der Waals surface area contributed by atoms with Crippen molar-refractivity contribution >= 4 is 21.6 Å². The second kappa shape index (κ2) is 12.9. The second-order valence-corrected chi connectivity index (χ2v) is 12.9. The summed E-state index contributed by atoms with van der Waals surface area (Å²) < 4.78 is 65.3. The van der Waals surface area contributed by atoms with E-state index in [4.69, 9.17) is 4.74 Å².